The molecule has 1 aliphatic heterocycles. The van der Waals surface area contributed by atoms with Gasteiger partial charge in [0, 0.05) is 31.2 Å². The third kappa shape index (κ3) is 7.49. The number of hydrogen-bond donors (Lipinski definition) is 2. The van der Waals surface area contributed by atoms with Crippen LogP contribution in [0.5, 0.6) is 0 Å². The zero-order chi connectivity index (χ0) is 24.1. The van der Waals surface area contributed by atoms with Gasteiger partial charge in [-0.3, -0.25) is 10.2 Å². The van der Waals surface area contributed by atoms with Crippen LogP contribution in [0.1, 0.15) is 24.8 Å². The summed E-state index contributed by atoms with van der Waals surface area (Å²) < 4.78 is 63.2. The lowest BCUT2D eigenvalue weighted by molar-refractivity contribution is -0.124. The lowest BCUT2D eigenvalue weighted by Crippen LogP contribution is -2.41. The smallest absolute Gasteiger partial charge is 0.395 e. The molecular formula is C20H26ClF3N4O3S. The highest BCUT2D eigenvalue weighted by Crippen LogP contribution is 2.24. The predicted molar refractivity (Wildman–Crippen MR) is 117 cm³/mol. The van der Waals surface area contributed by atoms with E-state index in [2.05, 4.69) is 0 Å². The zero-order valence-electron chi connectivity index (χ0n) is 17.5. The third-order valence-electron chi connectivity index (χ3n) is 5.22. The Labute approximate surface area is 190 Å². The Balaban J connectivity index is 2.18. The van der Waals surface area contributed by atoms with Crippen molar-refractivity contribution in [3.8, 4) is 0 Å². The van der Waals surface area contributed by atoms with Crippen LogP contribution in [0.4, 0.5) is 13.2 Å². The molecule has 1 aromatic rings. The monoisotopic (exact) mass is 494 g/mol. The minimum atomic E-state index is -4.85. The average Bonchev–Trinajstić information content (AvgIpc) is 2.70. The van der Waals surface area contributed by atoms with Gasteiger partial charge in [0.15, 0.2) is 0 Å². The van der Waals surface area contributed by atoms with E-state index in [0.717, 1.165) is 12.7 Å². The maximum Gasteiger partial charge on any atom is 0.430 e. The highest BCUT2D eigenvalue weighted by molar-refractivity contribution is 7.88. The fourth-order valence-electron chi connectivity index (χ4n) is 3.46. The molecule has 1 fully saturated rings. The molecule has 1 heterocycles. The molecule has 0 spiro atoms. The first kappa shape index (κ1) is 26.1. The molecular weight excluding hydrogens is 469 g/mol. The number of allylic oxidation sites excluding steroid dienone is 1. The molecule has 1 amide bonds. The van der Waals surface area contributed by atoms with E-state index in [1.807, 2.05) is 0 Å². The van der Waals surface area contributed by atoms with E-state index in [0.29, 0.717) is 42.6 Å². The van der Waals surface area contributed by atoms with Gasteiger partial charge >= 0.3 is 6.18 Å². The van der Waals surface area contributed by atoms with Crippen LogP contribution in [0.2, 0.25) is 5.02 Å². The molecule has 1 unspecified atom stereocenters. The van der Waals surface area contributed by atoms with Gasteiger partial charge in [0.2, 0.25) is 10.0 Å². The van der Waals surface area contributed by atoms with Gasteiger partial charge in [-0.15, -0.1) is 0 Å². The van der Waals surface area contributed by atoms with E-state index < -0.39 is 33.5 Å². The van der Waals surface area contributed by atoms with Crippen LogP contribution >= 0.6 is 11.6 Å². The SMILES string of the molecule is CS(=O)(=O)N1CCCC(CCN(Cc2ccccc2Cl)C(=O)C(=N)C=C(N)C(F)(F)F)C1. The molecule has 12 heteroatoms. The van der Waals surface area contributed by atoms with Crippen molar-refractivity contribution in [2.45, 2.75) is 32.0 Å². The topological polar surface area (TPSA) is 108 Å². The van der Waals surface area contributed by atoms with Gasteiger partial charge in [-0.1, -0.05) is 29.8 Å². The number of carbonyl (C=O) groups excluding carboxylic acids is 1. The van der Waals surface area contributed by atoms with Gasteiger partial charge in [-0.2, -0.15) is 13.2 Å². The maximum atomic E-state index is 12.8. The van der Waals surface area contributed by atoms with Crippen LogP contribution < -0.4 is 5.73 Å². The molecule has 0 aromatic heterocycles. The molecule has 7 nitrogen and oxygen atoms in total. The second-order valence-corrected chi connectivity index (χ2v) is 10.1. The first-order chi connectivity index (χ1) is 14.8. The molecule has 1 saturated heterocycles. The number of rotatable bonds is 8. The van der Waals surface area contributed by atoms with E-state index in [1.54, 1.807) is 24.3 Å². The summed E-state index contributed by atoms with van der Waals surface area (Å²) in [4.78, 5) is 14.0. The van der Waals surface area contributed by atoms with Crippen LogP contribution in [0.25, 0.3) is 0 Å². The lowest BCUT2D eigenvalue weighted by atomic mass is 9.96. The molecule has 178 valence electrons. The number of amides is 1. The summed E-state index contributed by atoms with van der Waals surface area (Å²) in [6, 6.07) is 6.71. The van der Waals surface area contributed by atoms with Crippen molar-refractivity contribution in [3.05, 3.63) is 46.6 Å². The summed E-state index contributed by atoms with van der Waals surface area (Å²) >= 11 is 6.17. The number of piperidine rings is 1. The number of carbonyl (C=O) groups is 1. The summed E-state index contributed by atoms with van der Waals surface area (Å²) in [6.45, 7) is 0.854. The molecule has 3 N–H and O–H groups in total. The number of sulfonamides is 1. The Morgan fingerprint density at radius 2 is 2.03 bits per heavy atom. The summed E-state index contributed by atoms with van der Waals surface area (Å²) in [6.07, 6.45) is -1.55. The second-order valence-electron chi connectivity index (χ2n) is 7.75. The zero-order valence-corrected chi connectivity index (χ0v) is 19.1. The Morgan fingerprint density at radius 1 is 1.38 bits per heavy atom. The van der Waals surface area contributed by atoms with Crippen molar-refractivity contribution in [3.63, 3.8) is 0 Å². The molecule has 1 atom stereocenters. The fraction of sp³-hybridized carbons (Fsp3) is 0.500. The summed E-state index contributed by atoms with van der Waals surface area (Å²) in [7, 11) is -3.34. The molecule has 0 bridgehead atoms. The Bertz CT molecular complexity index is 983. The van der Waals surface area contributed by atoms with E-state index >= 15 is 0 Å². The predicted octanol–water partition coefficient (Wildman–Crippen LogP) is 3.15. The molecule has 1 aliphatic rings. The van der Waals surface area contributed by atoms with E-state index in [-0.39, 0.29) is 19.0 Å². The van der Waals surface area contributed by atoms with E-state index in [1.165, 1.54) is 9.21 Å². The first-order valence-electron chi connectivity index (χ1n) is 9.89. The van der Waals surface area contributed by atoms with Crippen LogP contribution in [0.3, 0.4) is 0 Å². The Hall–Kier alpha value is -2.11. The van der Waals surface area contributed by atoms with Crippen molar-refractivity contribution in [1.82, 2.24) is 9.21 Å². The van der Waals surface area contributed by atoms with Gasteiger partial charge in [0.1, 0.15) is 11.4 Å². The van der Waals surface area contributed by atoms with Gasteiger partial charge in [0.25, 0.3) is 5.91 Å². The van der Waals surface area contributed by atoms with Crippen LogP contribution in [-0.2, 0) is 21.4 Å². The molecule has 0 aliphatic carbocycles. The van der Waals surface area contributed by atoms with Crippen LogP contribution in [-0.4, -0.2) is 61.3 Å². The molecule has 32 heavy (non-hydrogen) atoms. The number of benzene rings is 1. The van der Waals surface area contributed by atoms with Crippen molar-refractivity contribution >= 4 is 33.2 Å². The molecule has 0 saturated carbocycles. The number of nitrogens with one attached hydrogen (secondary N) is 1. The van der Waals surface area contributed by atoms with Crippen LogP contribution in [0, 0.1) is 11.3 Å². The summed E-state index contributed by atoms with van der Waals surface area (Å²) in [5.74, 6) is -0.946. The fourth-order valence-corrected chi connectivity index (χ4v) is 4.59. The highest BCUT2D eigenvalue weighted by atomic mass is 35.5. The number of hydrogen-bond acceptors (Lipinski definition) is 5. The first-order valence-corrected chi connectivity index (χ1v) is 12.1. The number of nitrogens with two attached hydrogens (primary N) is 1. The normalized spacial score (nSPS) is 18.4. The van der Waals surface area contributed by atoms with Gasteiger partial charge in [-0.25, -0.2) is 12.7 Å². The van der Waals surface area contributed by atoms with E-state index in [9.17, 15) is 26.4 Å². The largest absolute Gasteiger partial charge is 0.430 e. The number of nitrogens with zero attached hydrogens (tertiary/aromatic N) is 2. The van der Waals surface area contributed by atoms with Gasteiger partial charge < -0.3 is 10.6 Å². The van der Waals surface area contributed by atoms with Crippen molar-refractivity contribution in [1.29, 1.82) is 5.41 Å². The summed E-state index contributed by atoms with van der Waals surface area (Å²) in [5, 5.41) is 8.20. The standard InChI is InChI=1S/C20H26ClF3N4O3S/c1-32(30,31)28-9-4-5-14(12-28)8-10-27(13-15-6-2-3-7-16(15)21)19(29)17(25)11-18(26)20(22,23)24/h2-3,6-7,11,14,25H,4-5,8-10,12-13,26H2,1H3. The Morgan fingerprint density at radius 3 is 2.62 bits per heavy atom. The Kier molecular flexibility index (Phi) is 8.72. The second kappa shape index (κ2) is 10.7. The quantitative estimate of drug-likeness (QED) is 0.541. The molecule has 1 aromatic carbocycles. The van der Waals surface area contributed by atoms with Crippen molar-refractivity contribution in [2.75, 3.05) is 25.9 Å². The van der Waals surface area contributed by atoms with E-state index in [4.69, 9.17) is 22.7 Å². The minimum absolute atomic E-state index is 0.0108. The lowest BCUT2D eigenvalue weighted by Gasteiger charge is -2.32. The maximum absolute atomic E-state index is 12.8. The number of alkyl halides is 3. The molecule has 2 rings (SSSR count). The average molecular weight is 495 g/mol. The van der Waals surface area contributed by atoms with Gasteiger partial charge in [0.05, 0.1) is 6.26 Å². The highest BCUT2D eigenvalue weighted by Gasteiger charge is 2.33. The number of halogens is 4. The molecule has 0 radical (unpaired) electrons. The van der Waals surface area contributed by atoms with Crippen LogP contribution in [0.15, 0.2) is 36.0 Å². The third-order valence-corrected chi connectivity index (χ3v) is 6.86. The minimum Gasteiger partial charge on any atom is -0.395 e. The van der Waals surface area contributed by atoms with Crippen molar-refractivity contribution in [2.24, 2.45) is 11.7 Å². The van der Waals surface area contributed by atoms with Gasteiger partial charge in [-0.05, 0) is 42.9 Å². The van der Waals surface area contributed by atoms with Crippen molar-refractivity contribution < 1.29 is 26.4 Å². The summed E-state index contributed by atoms with van der Waals surface area (Å²) in [5.41, 5.74) is 3.10.